The third-order valence-electron chi connectivity index (χ3n) is 2.90. The van der Waals surface area contributed by atoms with Gasteiger partial charge in [-0.2, -0.15) is 13.2 Å². The second-order valence-electron chi connectivity index (χ2n) is 4.54. The lowest BCUT2D eigenvalue weighted by atomic mass is 10.1. The molecule has 0 aromatic heterocycles. The molecule has 126 valence electrons. The summed E-state index contributed by atoms with van der Waals surface area (Å²) < 4.78 is 38.1. The molecule has 0 saturated carbocycles. The number of aliphatic imine (C=N–C) groups is 1. The van der Waals surface area contributed by atoms with Gasteiger partial charge in [0.05, 0.1) is 21.2 Å². The van der Waals surface area contributed by atoms with Gasteiger partial charge in [0.15, 0.2) is 0 Å². The monoisotopic (exact) mass is 378 g/mol. The van der Waals surface area contributed by atoms with E-state index in [1.165, 1.54) is 6.07 Å². The van der Waals surface area contributed by atoms with Crippen molar-refractivity contribution in [3.63, 3.8) is 0 Å². The van der Waals surface area contributed by atoms with Gasteiger partial charge in [0.25, 0.3) is 0 Å². The molecule has 2 rings (SSSR count). The molecule has 0 aliphatic carbocycles. The lowest BCUT2D eigenvalue weighted by Crippen LogP contribution is -2.04. The van der Waals surface area contributed by atoms with E-state index in [2.05, 4.69) is 4.99 Å². The molecule has 0 atom stereocenters. The molecule has 0 unspecified atom stereocenters. The highest BCUT2D eigenvalue weighted by molar-refractivity contribution is 6.33. The second-order valence-corrected chi connectivity index (χ2v) is 5.39. The summed E-state index contributed by atoms with van der Waals surface area (Å²) in [6.45, 7) is 0. The molecule has 5 nitrogen and oxygen atoms in total. The Hall–Kier alpha value is -2.32. The van der Waals surface area contributed by atoms with E-state index in [1.807, 2.05) is 0 Å². The molecular formula is C14H7Cl2F3N2O3. The molecule has 0 spiro atoms. The van der Waals surface area contributed by atoms with Crippen LogP contribution in [0.2, 0.25) is 10.0 Å². The molecule has 0 amide bonds. The van der Waals surface area contributed by atoms with Crippen molar-refractivity contribution in [3.8, 4) is 5.75 Å². The Morgan fingerprint density at radius 2 is 1.88 bits per heavy atom. The third-order valence-corrected chi connectivity index (χ3v) is 3.43. The first-order chi connectivity index (χ1) is 11.1. The number of rotatable bonds is 3. The van der Waals surface area contributed by atoms with Crippen LogP contribution >= 0.6 is 23.2 Å². The van der Waals surface area contributed by atoms with Gasteiger partial charge in [-0.1, -0.05) is 23.2 Å². The van der Waals surface area contributed by atoms with Crippen molar-refractivity contribution in [3.05, 3.63) is 61.6 Å². The Balaban J connectivity index is 2.47. The van der Waals surface area contributed by atoms with Crippen LogP contribution in [0, 0.1) is 10.1 Å². The number of halogens is 5. The van der Waals surface area contributed by atoms with Crippen molar-refractivity contribution in [2.45, 2.75) is 6.18 Å². The predicted octanol–water partition coefficient (Wildman–Crippen LogP) is 5.38. The lowest BCUT2D eigenvalue weighted by Gasteiger charge is -2.08. The van der Waals surface area contributed by atoms with Gasteiger partial charge in [-0.05, 0) is 24.3 Å². The summed E-state index contributed by atoms with van der Waals surface area (Å²) in [5.41, 5.74) is -1.96. The van der Waals surface area contributed by atoms with Gasteiger partial charge in [0, 0.05) is 22.9 Å². The van der Waals surface area contributed by atoms with Gasteiger partial charge in [0.2, 0.25) is 5.75 Å². The van der Waals surface area contributed by atoms with E-state index < -0.39 is 28.1 Å². The molecular weight excluding hydrogens is 372 g/mol. The molecule has 24 heavy (non-hydrogen) atoms. The van der Waals surface area contributed by atoms with E-state index in [-0.39, 0.29) is 21.3 Å². The molecule has 2 aromatic rings. The Kier molecular flexibility index (Phi) is 5.00. The average Bonchev–Trinajstić information content (AvgIpc) is 2.47. The highest BCUT2D eigenvalue weighted by Crippen LogP contribution is 2.36. The Bertz CT molecular complexity index is 839. The molecule has 2 aromatic carbocycles. The van der Waals surface area contributed by atoms with Crippen molar-refractivity contribution in [2.24, 2.45) is 4.99 Å². The van der Waals surface area contributed by atoms with E-state index in [0.717, 1.165) is 30.5 Å². The summed E-state index contributed by atoms with van der Waals surface area (Å²) in [6.07, 6.45) is -3.64. The van der Waals surface area contributed by atoms with Crippen molar-refractivity contribution >= 4 is 40.8 Å². The summed E-state index contributed by atoms with van der Waals surface area (Å²) in [5.74, 6) is -0.712. The fourth-order valence-corrected chi connectivity index (χ4v) is 2.16. The maximum atomic E-state index is 12.7. The van der Waals surface area contributed by atoms with Gasteiger partial charge < -0.3 is 5.11 Å². The normalized spacial score (nSPS) is 11.9. The fraction of sp³-hybridized carbons (Fsp3) is 0.0714. The zero-order chi connectivity index (χ0) is 18.1. The summed E-state index contributed by atoms with van der Waals surface area (Å²) in [6, 6.07) is 4.65. The van der Waals surface area contributed by atoms with Crippen LogP contribution in [0.15, 0.2) is 35.3 Å². The van der Waals surface area contributed by atoms with Crippen LogP contribution in [0.3, 0.4) is 0 Å². The molecule has 0 bridgehead atoms. The molecule has 1 N–H and O–H groups in total. The molecule has 0 radical (unpaired) electrons. The van der Waals surface area contributed by atoms with E-state index in [0.29, 0.717) is 0 Å². The minimum atomic E-state index is -4.58. The first kappa shape index (κ1) is 18.0. The van der Waals surface area contributed by atoms with E-state index >= 15 is 0 Å². The number of nitro groups is 1. The number of nitrogens with zero attached hydrogens (tertiary/aromatic N) is 2. The number of aromatic hydroxyl groups is 1. The number of hydrogen-bond donors (Lipinski definition) is 1. The summed E-state index contributed by atoms with van der Waals surface area (Å²) >= 11 is 11.5. The van der Waals surface area contributed by atoms with Crippen LogP contribution in [0.4, 0.5) is 24.5 Å². The van der Waals surface area contributed by atoms with Gasteiger partial charge in [-0.25, -0.2) is 0 Å². The minimum absolute atomic E-state index is 0.0453. The number of nitro benzene ring substituents is 1. The number of phenolic OH excluding ortho intramolecular Hbond substituents is 1. The fourth-order valence-electron chi connectivity index (χ4n) is 1.77. The zero-order valence-corrected chi connectivity index (χ0v) is 13.0. The van der Waals surface area contributed by atoms with E-state index in [1.54, 1.807) is 0 Å². The molecule has 0 aliphatic rings. The third kappa shape index (κ3) is 3.95. The Morgan fingerprint density at radius 3 is 2.46 bits per heavy atom. The molecule has 10 heteroatoms. The summed E-state index contributed by atoms with van der Waals surface area (Å²) in [4.78, 5) is 13.7. The summed E-state index contributed by atoms with van der Waals surface area (Å²) in [5, 5.41) is 20.5. The smallest absolute Gasteiger partial charge is 0.416 e. The number of hydrogen-bond acceptors (Lipinski definition) is 4. The second kappa shape index (κ2) is 6.66. The Morgan fingerprint density at radius 1 is 1.21 bits per heavy atom. The molecule has 0 aliphatic heterocycles. The van der Waals surface area contributed by atoms with Crippen LogP contribution in [-0.2, 0) is 6.18 Å². The van der Waals surface area contributed by atoms with Gasteiger partial charge in [0.1, 0.15) is 0 Å². The van der Waals surface area contributed by atoms with E-state index in [4.69, 9.17) is 23.2 Å². The van der Waals surface area contributed by atoms with Gasteiger partial charge >= 0.3 is 11.9 Å². The van der Waals surface area contributed by atoms with Gasteiger partial charge in [-0.15, -0.1) is 0 Å². The highest BCUT2D eigenvalue weighted by Gasteiger charge is 2.30. The van der Waals surface area contributed by atoms with Crippen molar-refractivity contribution in [1.82, 2.24) is 0 Å². The SMILES string of the molecule is O=[N+]([O-])c1cc(Cl)cc(C=Nc2cc(C(F)(F)F)ccc2Cl)c1O. The first-order valence-electron chi connectivity index (χ1n) is 6.17. The topological polar surface area (TPSA) is 75.7 Å². The van der Waals surface area contributed by atoms with Crippen LogP contribution in [0.5, 0.6) is 5.75 Å². The Labute approximate surface area is 143 Å². The number of phenols is 1. The van der Waals surface area contributed by atoms with Crippen molar-refractivity contribution in [1.29, 1.82) is 0 Å². The molecule has 0 saturated heterocycles. The molecule has 0 heterocycles. The van der Waals surface area contributed by atoms with Crippen molar-refractivity contribution < 1.29 is 23.2 Å². The largest absolute Gasteiger partial charge is 0.502 e. The highest BCUT2D eigenvalue weighted by atomic mass is 35.5. The quantitative estimate of drug-likeness (QED) is 0.442. The molecule has 0 fully saturated rings. The standard InChI is InChI=1S/C14H7Cl2F3N2O3/c15-9-3-7(13(22)12(5-9)21(23)24)6-20-11-4-8(14(17,18)19)1-2-10(11)16/h1-6,22H. The van der Waals surface area contributed by atoms with Crippen molar-refractivity contribution in [2.75, 3.05) is 0 Å². The predicted molar refractivity (Wildman–Crippen MR) is 83.5 cm³/mol. The minimum Gasteiger partial charge on any atom is -0.502 e. The first-order valence-corrected chi connectivity index (χ1v) is 6.93. The lowest BCUT2D eigenvalue weighted by molar-refractivity contribution is -0.385. The van der Waals surface area contributed by atoms with Crippen LogP contribution in [-0.4, -0.2) is 16.2 Å². The van der Waals surface area contributed by atoms with Crippen LogP contribution < -0.4 is 0 Å². The zero-order valence-electron chi connectivity index (χ0n) is 11.5. The average molecular weight is 379 g/mol. The maximum absolute atomic E-state index is 12.7. The maximum Gasteiger partial charge on any atom is 0.416 e. The van der Waals surface area contributed by atoms with Gasteiger partial charge in [-0.3, -0.25) is 15.1 Å². The number of benzene rings is 2. The summed E-state index contributed by atoms with van der Waals surface area (Å²) in [7, 11) is 0. The number of alkyl halides is 3. The van der Waals surface area contributed by atoms with Crippen LogP contribution in [0.1, 0.15) is 11.1 Å². The van der Waals surface area contributed by atoms with Crippen LogP contribution in [0.25, 0.3) is 0 Å². The van der Waals surface area contributed by atoms with E-state index in [9.17, 15) is 28.4 Å².